The molecule has 3 aromatic carbocycles. The van der Waals surface area contributed by atoms with Gasteiger partial charge in [0.05, 0.1) is 12.2 Å². The summed E-state index contributed by atoms with van der Waals surface area (Å²) in [5.74, 6) is -0.177. The number of nitrogens with zero attached hydrogens (tertiary/aromatic N) is 2. The van der Waals surface area contributed by atoms with Crippen LogP contribution in [0.2, 0.25) is 0 Å². The molecule has 0 aliphatic carbocycles. The van der Waals surface area contributed by atoms with Gasteiger partial charge in [0.1, 0.15) is 0 Å². The molecule has 0 fully saturated rings. The van der Waals surface area contributed by atoms with E-state index in [2.05, 4.69) is 52.4 Å². The molecular formula is C24H24N4O. The van der Waals surface area contributed by atoms with Gasteiger partial charge in [0.15, 0.2) is 0 Å². The van der Waals surface area contributed by atoms with Crippen LogP contribution >= 0.6 is 0 Å². The van der Waals surface area contributed by atoms with Crippen LogP contribution in [-0.4, -0.2) is 12.6 Å². The van der Waals surface area contributed by atoms with Crippen molar-refractivity contribution in [1.82, 2.24) is 0 Å². The molecule has 5 nitrogen and oxygen atoms in total. The molecule has 3 N–H and O–H groups in total. The fourth-order valence-electron chi connectivity index (χ4n) is 4.35. The number of carbonyl (C=O) groups is 1. The maximum atomic E-state index is 12.7. The number of nitrogens with one attached hydrogen (secondary N) is 1. The van der Waals surface area contributed by atoms with Crippen molar-refractivity contribution in [2.75, 3.05) is 27.5 Å². The minimum Gasteiger partial charge on any atom is -0.398 e. The molecule has 29 heavy (non-hydrogen) atoms. The predicted molar refractivity (Wildman–Crippen MR) is 118 cm³/mol. The highest BCUT2D eigenvalue weighted by molar-refractivity contribution is 6.08. The summed E-state index contributed by atoms with van der Waals surface area (Å²) in [5.41, 5.74) is 15.2. The molecule has 0 radical (unpaired) electrons. The van der Waals surface area contributed by atoms with Crippen LogP contribution < -0.4 is 20.9 Å². The molecule has 0 atom stereocenters. The highest BCUT2D eigenvalue weighted by Crippen LogP contribution is 2.39. The SMILES string of the molecule is Cc1ccc2c(c1)CN1CN2Cc2cc(NC(=O)c3cc(C)ccc3N)ccc21. The molecule has 0 saturated carbocycles. The fraction of sp³-hybridized carbons (Fsp3) is 0.208. The zero-order valence-corrected chi connectivity index (χ0v) is 16.7. The van der Waals surface area contributed by atoms with E-state index >= 15 is 0 Å². The number of carbonyl (C=O) groups excluding carboxylic acids is 1. The Labute approximate surface area is 170 Å². The van der Waals surface area contributed by atoms with Crippen LogP contribution in [0.1, 0.15) is 32.6 Å². The summed E-state index contributed by atoms with van der Waals surface area (Å²) in [6.45, 7) is 6.73. The highest BCUT2D eigenvalue weighted by Gasteiger charge is 2.29. The molecule has 1 amide bonds. The zero-order valence-electron chi connectivity index (χ0n) is 16.7. The maximum Gasteiger partial charge on any atom is 0.257 e. The van der Waals surface area contributed by atoms with Crippen molar-refractivity contribution < 1.29 is 4.79 Å². The third-order valence-corrected chi connectivity index (χ3v) is 5.77. The summed E-state index contributed by atoms with van der Waals surface area (Å²) in [6, 6.07) is 18.4. The molecule has 146 valence electrons. The molecule has 0 unspecified atom stereocenters. The summed E-state index contributed by atoms with van der Waals surface area (Å²) in [5, 5.41) is 3.01. The van der Waals surface area contributed by atoms with Crippen molar-refractivity contribution in [3.63, 3.8) is 0 Å². The van der Waals surface area contributed by atoms with Crippen molar-refractivity contribution >= 4 is 28.7 Å². The van der Waals surface area contributed by atoms with Gasteiger partial charge in [-0.05, 0) is 61.4 Å². The Hall–Kier alpha value is -3.47. The number of aryl methyl sites for hydroxylation is 2. The average Bonchev–Trinajstić information content (AvgIpc) is 2.69. The van der Waals surface area contributed by atoms with Crippen molar-refractivity contribution in [1.29, 1.82) is 0 Å². The van der Waals surface area contributed by atoms with Gasteiger partial charge in [0, 0.05) is 35.8 Å². The van der Waals surface area contributed by atoms with Gasteiger partial charge in [0.25, 0.3) is 5.91 Å². The standard InChI is InChI=1S/C24H24N4O/c1-15-4-7-22-17(9-15)12-27-14-28(22)13-18-11-19(5-8-23(18)27)26-24(29)20-10-16(2)3-6-21(20)25/h3-11H,12-14,25H2,1-2H3,(H,26,29). The number of anilines is 4. The molecule has 0 spiro atoms. The van der Waals surface area contributed by atoms with Crippen molar-refractivity contribution in [2.24, 2.45) is 0 Å². The number of rotatable bonds is 2. The molecular weight excluding hydrogens is 360 g/mol. The van der Waals surface area contributed by atoms with E-state index in [0.29, 0.717) is 11.3 Å². The first kappa shape index (κ1) is 17.6. The smallest absolute Gasteiger partial charge is 0.257 e. The first-order valence-corrected chi connectivity index (χ1v) is 9.88. The number of nitrogens with two attached hydrogens (primary N) is 1. The summed E-state index contributed by atoms with van der Waals surface area (Å²) in [6.07, 6.45) is 0. The number of benzene rings is 3. The molecule has 2 aliphatic rings. The lowest BCUT2D eigenvalue weighted by atomic mass is 10.00. The molecule has 3 aromatic rings. The van der Waals surface area contributed by atoms with Gasteiger partial charge >= 0.3 is 0 Å². The molecule has 0 saturated heterocycles. The van der Waals surface area contributed by atoms with Crippen LogP contribution in [0.25, 0.3) is 0 Å². The lowest BCUT2D eigenvalue weighted by molar-refractivity contribution is 0.102. The Morgan fingerprint density at radius 2 is 1.48 bits per heavy atom. The van der Waals surface area contributed by atoms with Crippen LogP contribution in [0, 0.1) is 13.8 Å². The first-order valence-electron chi connectivity index (χ1n) is 9.88. The van der Waals surface area contributed by atoms with Gasteiger partial charge in [-0.25, -0.2) is 0 Å². The van der Waals surface area contributed by atoms with E-state index < -0.39 is 0 Å². The monoisotopic (exact) mass is 384 g/mol. The Bertz CT molecular complexity index is 1140. The quantitative estimate of drug-likeness (QED) is 0.642. The van der Waals surface area contributed by atoms with Crippen LogP contribution in [0.15, 0.2) is 54.6 Å². The Balaban J connectivity index is 1.42. The fourth-order valence-corrected chi connectivity index (χ4v) is 4.35. The number of hydrogen-bond acceptors (Lipinski definition) is 4. The Kier molecular flexibility index (Phi) is 3.98. The Morgan fingerprint density at radius 3 is 2.24 bits per heavy atom. The molecule has 0 aromatic heterocycles. The lowest BCUT2D eigenvalue weighted by Gasteiger charge is -2.45. The van der Waals surface area contributed by atoms with Crippen molar-refractivity contribution in [3.05, 3.63) is 82.4 Å². The number of amides is 1. The summed E-state index contributed by atoms with van der Waals surface area (Å²) in [4.78, 5) is 17.5. The second-order valence-corrected chi connectivity index (χ2v) is 8.06. The third-order valence-electron chi connectivity index (χ3n) is 5.77. The molecule has 2 bridgehead atoms. The zero-order chi connectivity index (χ0) is 20.1. The van der Waals surface area contributed by atoms with Gasteiger partial charge < -0.3 is 20.9 Å². The Morgan fingerprint density at radius 1 is 0.862 bits per heavy atom. The summed E-state index contributed by atoms with van der Waals surface area (Å²) >= 11 is 0. The minimum atomic E-state index is -0.177. The maximum absolute atomic E-state index is 12.7. The highest BCUT2D eigenvalue weighted by atomic mass is 16.1. The van der Waals surface area contributed by atoms with Crippen LogP contribution in [0.4, 0.5) is 22.7 Å². The predicted octanol–water partition coefficient (Wildman–Crippen LogP) is 4.44. The second kappa shape index (κ2) is 6.55. The van der Waals surface area contributed by atoms with E-state index in [1.807, 2.05) is 25.1 Å². The molecule has 2 heterocycles. The minimum absolute atomic E-state index is 0.177. The topological polar surface area (TPSA) is 61.6 Å². The van der Waals surface area contributed by atoms with E-state index in [0.717, 1.165) is 31.0 Å². The molecule has 5 heteroatoms. The lowest BCUT2D eigenvalue weighted by Crippen LogP contribution is -2.46. The van der Waals surface area contributed by atoms with E-state index in [9.17, 15) is 4.79 Å². The number of fused-ring (bicyclic) bond motifs is 6. The van der Waals surface area contributed by atoms with E-state index in [1.54, 1.807) is 6.07 Å². The van der Waals surface area contributed by atoms with Gasteiger partial charge in [-0.3, -0.25) is 4.79 Å². The van der Waals surface area contributed by atoms with E-state index in [-0.39, 0.29) is 5.91 Å². The van der Waals surface area contributed by atoms with E-state index in [4.69, 9.17) is 5.73 Å². The van der Waals surface area contributed by atoms with E-state index in [1.165, 1.54) is 28.1 Å². The second-order valence-electron chi connectivity index (χ2n) is 8.06. The van der Waals surface area contributed by atoms with Crippen LogP contribution in [0.5, 0.6) is 0 Å². The van der Waals surface area contributed by atoms with Crippen LogP contribution in [0.3, 0.4) is 0 Å². The largest absolute Gasteiger partial charge is 0.398 e. The molecule has 5 rings (SSSR count). The number of hydrogen-bond donors (Lipinski definition) is 2. The van der Waals surface area contributed by atoms with Gasteiger partial charge in [-0.2, -0.15) is 0 Å². The van der Waals surface area contributed by atoms with Crippen molar-refractivity contribution in [2.45, 2.75) is 26.9 Å². The van der Waals surface area contributed by atoms with Crippen LogP contribution in [-0.2, 0) is 13.1 Å². The van der Waals surface area contributed by atoms with Gasteiger partial charge in [-0.1, -0.05) is 29.3 Å². The van der Waals surface area contributed by atoms with Gasteiger partial charge in [-0.15, -0.1) is 0 Å². The molecule has 2 aliphatic heterocycles. The average molecular weight is 384 g/mol. The first-order chi connectivity index (χ1) is 14.0. The summed E-state index contributed by atoms with van der Waals surface area (Å²) in [7, 11) is 0. The third kappa shape index (κ3) is 3.09. The number of nitrogen functional groups attached to an aromatic ring is 1. The van der Waals surface area contributed by atoms with Crippen molar-refractivity contribution in [3.8, 4) is 0 Å². The van der Waals surface area contributed by atoms with Gasteiger partial charge in [0.2, 0.25) is 0 Å². The summed E-state index contributed by atoms with van der Waals surface area (Å²) < 4.78 is 0. The normalized spacial score (nSPS) is 14.3.